The summed E-state index contributed by atoms with van der Waals surface area (Å²) >= 11 is 0. The third kappa shape index (κ3) is 4.57. The summed E-state index contributed by atoms with van der Waals surface area (Å²) in [6.45, 7) is 0.533. The van der Waals surface area contributed by atoms with Crippen molar-refractivity contribution in [2.24, 2.45) is 5.73 Å². The first-order valence-electron chi connectivity index (χ1n) is 6.33. The number of amides is 2. The molecule has 0 aliphatic carbocycles. The summed E-state index contributed by atoms with van der Waals surface area (Å²) < 4.78 is 0. The van der Waals surface area contributed by atoms with Crippen LogP contribution in [0, 0.1) is 0 Å². The summed E-state index contributed by atoms with van der Waals surface area (Å²) in [5.74, 6) is -0.413. The van der Waals surface area contributed by atoms with Gasteiger partial charge in [-0.25, -0.2) is 0 Å². The van der Waals surface area contributed by atoms with Crippen molar-refractivity contribution in [3.05, 3.63) is 53.7 Å². The van der Waals surface area contributed by atoms with Gasteiger partial charge in [0, 0.05) is 6.54 Å². The van der Waals surface area contributed by atoms with Crippen LogP contribution in [0.15, 0.2) is 42.5 Å². The maximum atomic E-state index is 11.7. The molecule has 108 valence electrons. The van der Waals surface area contributed by atoms with Crippen LogP contribution in [0.4, 0.5) is 5.82 Å². The number of hydrogen-bond donors (Lipinski definition) is 3. The van der Waals surface area contributed by atoms with Gasteiger partial charge in [0.25, 0.3) is 5.91 Å². The Labute approximate surface area is 121 Å². The number of hydrogen-bond acceptors (Lipinski definition) is 5. The van der Waals surface area contributed by atoms with E-state index in [-0.39, 0.29) is 18.1 Å². The Bertz CT molecular complexity index is 613. The molecule has 1 aromatic heterocycles. The number of nitrogens with two attached hydrogens (primary N) is 1. The number of rotatable bonds is 6. The van der Waals surface area contributed by atoms with Crippen molar-refractivity contribution < 1.29 is 9.59 Å². The van der Waals surface area contributed by atoms with Gasteiger partial charge in [-0.1, -0.05) is 30.3 Å². The SMILES string of the molecule is NC(=O)c1ccc(NCC(=O)NCc2ccccc2)nn1. The van der Waals surface area contributed by atoms with Crippen LogP contribution in [0.25, 0.3) is 0 Å². The molecule has 7 nitrogen and oxygen atoms in total. The molecule has 7 heteroatoms. The monoisotopic (exact) mass is 285 g/mol. The zero-order chi connectivity index (χ0) is 15.1. The summed E-state index contributed by atoms with van der Waals surface area (Å²) in [7, 11) is 0. The minimum absolute atomic E-state index is 0.0669. The normalized spacial score (nSPS) is 9.90. The second kappa shape index (κ2) is 6.99. The van der Waals surface area contributed by atoms with Crippen LogP contribution < -0.4 is 16.4 Å². The third-order valence-corrected chi connectivity index (χ3v) is 2.68. The summed E-state index contributed by atoms with van der Waals surface area (Å²) in [6.07, 6.45) is 0. The van der Waals surface area contributed by atoms with E-state index >= 15 is 0 Å². The number of nitrogens with zero attached hydrogens (tertiary/aromatic N) is 2. The zero-order valence-electron chi connectivity index (χ0n) is 11.2. The highest BCUT2D eigenvalue weighted by molar-refractivity contribution is 5.90. The standard InChI is InChI=1S/C14H15N5O2/c15-14(21)11-6-7-12(19-18-11)16-9-13(20)17-8-10-4-2-1-3-5-10/h1-7H,8-9H2,(H2,15,21)(H,16,19)(H,17,20). The van der Waals surface area contributed by atoms with Gasteiger partial charge in [0.2, 0.25) is 5.91 Å². The highest BCUT2D eigenvalue weighted by atomic mass is 16.2. The second-order valence-corrected chi connectivity index (χ2v) is 4.28. The minimum atomic E-state index is -0.644. The molecule has 0 bridgehead atoms. The molecule has 0 aliphatic rings. The Morgan fingerprint density at radius 3 is 2.43 bits per heavy atom. The van der Waals surface area contributed by atoms with E-state index in [0.29, 0.717) is 12.4 Å². The predicted molar refractivity (Wildman–Crippen MR) is 77.3 cm³/mol. The fourth-order valence-corrected chi connectivity index (χ4v) is 1.59. The molecule has 21 heavy (non-hydrogen) atoms. The molecule has 1 aromatic carbocycles. The maximum absolute atomic E-state index is 11.7. The molecule has 2 rings (SSSR count). The number of aromatic nitrogens is 2. The number of carbonyl (C=O) groups excluding carboxylic acids is 2. The van der Waals surface area contributed by atoms with Crippen LogP contribution in [0.2, 0.25) is 0 Å². The molecular weight excluding hydrogens is 270 g/mol. The Kier molecular flexibility index (Phi) is 4.81. The average Bonchev–Trinajstić information content (AvgIpc) is 2.52. The summed E-state index contributed by atoms with van der Waals surface area (Å²) in [4.78, 5) is 22.5. The molecule has 0 fully saturated rings. The first-order chi connectivity index (χ1) is 10.1. The average molecular weight is 285 g/mol. The number of primary amides is 1. The van der Waals surface area contributed by atoms with Crippen LogP contribution in [-0.2, 0) is 11.3 Å². The van der Waals surface area contributed by atoms with Gasteiger partial charge in [0.05, 0.1) is 6.54 Å². The first kappa shape index (κ1) is 14.4. The molecule has 0 saturated carbocycles. The van der Waals surface area contributed by atoms with Gasteiger partial charge in [-0.05, 0) is 17.7 Å². The Hall–Kier alpha value is -2.96. The first-order valence-corrected chi connectivity index (χ1v) is 6.33. The highest BCUT2D eigenvalue weighted by Gasteiger charge is 2.05. The summed E-state index contributed by atoms with van der Waals surface area (Å²) in [5.41, 5.74) is 6.16. The van der Waals surface area contributed by atoms with E-state index in [0.717, 1.165) is 5.56 Å². The molecule has 0 radical (unpaired) electrons. The molecular formula is C14H15N5O2. The summed E-state index contributed by atoms with van der Waals surface area (Å²) in [5, 5.41) is 13.0. The van der Waals surface area contributed by atoms with Crippen LogP contribution in [0.3, 0.4) is 0 Å². The Morgan fingerprint density at radius 2 is 1.81 bits per heavy atom. The fraction of sp³-hybridized carbons (Fsp3) is 0.143. The third-order valence-electron chi connectivity index (χ3n) is 2.68. The number of benzene rings is 1. The second-order valence-electron chi connectivity index (χ2n) is 4.28. The molecule has 2 amide bonds. The number of carbonyl (C=O) groups is 2. The summed E-state index contributed by atoms with van der Waals surface area (Å²) in [6, 6.07) is 12.6. The van der Waals surface area contributed by atoms with Crippen molar-refractivity contribution in [2.45, 2.75) is 6.54 Å². The maximum Gasteiger partial charge on any atom is 0.269 e. The highest BCUT2D eigenvalue weighted by Crippen LogP contribution is 2.01. The zero-order valence-corrected chi connectivity index (χ0v) is 11.2. The quantitative estimate of drug-likeness (QED) is 0.707. The van der Waals surface area contributed by atoms with Crippen LogP contribution in [0.5, 0.6) is 0 Å². The van der Waals surface area contributed by atoms with Crippen molar-refractivity contribution >= 4 is 17.6 Å². The lowest BCUT2D eigenvalue weighted by Gasteiger charge is -2.07. The van der Waals surface area contributed by atoms with Crippen molar-refractivity contribution in [3.63, 3.8) is 0 Å². The number of anilines is 1. The minimum Gasteiger partial charge on any atom is -0.364 e. The molecule has 2 aromatic rings. The molecule has 1 heterocycles. The molecule has 4 N–H and O–H groups in total. The van der Waals surface area contributed by atoms with E-state index in [1.54, 1.807) is 0 Å². The number of nitrogens with one attached hydrogen (secondary N) is 2. The largest absolute Gasteiger partial charge is 0.364 e. The fourth-order valence-electron chi connectivity index (χ4n) is 1.59. The van der Waals surface area contributed by atoms with E-state index in [2.05, 4.69) is 20.8 Å². The van der Waals surface area contributed by atoms with E-state index in [9.17, 15) is 9.59 Å². The smallest absolute Gasteiger partial charge is 0.269 e. The van der Waals surface area contributed by atoms with Crippen molar-refractivity contribution in [1.82, 2.24) is 15.5 Å². The van der Waals surface area contributed by atoms with Crippen molar-refractivity contribution in [1.29, 1.82) is 0 Å². The molecule has 0 saturated heterocycles. The van der Waals surface area contributed by atoms with E-state index < -0.39 is 5.91 Å². The van der Waals surface area contributed by atoms with E-state index in [1.165, 1.54) is 12.1 Å². The van der Waals surface area contributed by atoms with E-state index in [4.69, 9.17) is 5.73 Å². The lowest BCUT2D eigenvalue weighted by molar-refractivity contribution is -0.119. The van der Waals surface area contributed by atoms with Gasteiger partial charge in [0.1, 0.15) is 5.82 Å². The van der Waals surface area contributed by atoms with Gasteiger partial charge in [-0.2, -0.15) is 0 Å². The molecule has 0 atom stereocenters. The van der Waals surface area contributed by atoms with Crippen LogP contribution in [-0.4, -0.2) is 28.6 Å². The van der Waals surface area contributed by atoms with Crippen molar-refractivity contribution in [3.8, 4) is 0 Å². The van der Waals surface area contributed by atoms with Gasteiger partial charge < -0.3 is 16.4 Å². The van der Waals surface area contributed by atoms with Gasteiger partial charge in [-0.3, -0.25) is 9.59 Å². The lowest BCUT2D eigenvalue weighted by Crippen LogP contribution is -2.29. The topological polar surface area (TPSA) is 110 Å². The Balaban J connectivity index is 1.77. The van der Waals surface area contributed by atoms with Gasteiger partial charge in [0.15, 0.2) is 5.69 Å². The van der Waals surface area contributed by atoms with Gasteiger partial charge >= 0.3 is 0 Å². The lowest BCUT2D eigenvalue weighted by atomic mass is 10.2. The molecule has 0 unspecified atom stereocenters. The van der Waals surface area contributed by atoms with E-state index in [1.807, 2.05) is 30.3 Å². The Morgan fingerprint density at radius 1 is 1.05 bits per heavy atom. The molecule has 0 aliphatic heterocycles. The van der Waals surface area contributed by atoms with Crippen molar-refractivity contribution in [2.75, 3.05) is 11.9 Å². The van der Waals surface area contributed by atoms with Gasteiger partial charge in [-0.15, -0.1) is 10.2 Å². The predicted octanol–water partition coefficient (Wildman–Crippen LogP) is 0.304. The molecule has 0 spiro atoms. The van der Waals surface area contributed by atoms with Crippen LogP contribution >= 0.6 is 0 Å². The van der Waals surface area contributed by atoms with Crippen LogP contribution in [0.1, 0.15) is 16.1 Å².